The first-order valence-electron chi connectivity index (χ1n) is 5.83. The third kappa shape index (κ3) is 2.28. The molecule has 1 aliphatic carbocycles. The number of aliphatic carboxylic acids is 1. The van der Waals surface area contributed by atoms with E-state index in [0.29, 0.717) is 19.7 Å². The van der Waals surface area contributed by atoms with Crippen molar-refractivity contribution in [3.05, 3.63) is 0 Å². The zero-order chi connectivity index (χ0) is 11.5. The average Bonchev–Trinajstić information content (AvgIpc) is 2.65. The van der Waals surface area contributed by atoms with E-state index in [-0.39, 0.29) is 17.9 Å². The number of amides is 1. The zero-order valence-electron chi connectivity index (χ0n) is 9.22. The van der Waals surface area contributed by atoms with Crippen molar-refractivity contribution in [3.63, 3.8) is 0 Å². The molecule has 5 heteroatoms. The van der Waals surface area contributed by atoms with Crippen molar-refractivity contribution in [2.45, 2.75) is 25.7 Å². The molecule has 0 aromatic rings. The van der Waals surface area contributed by atoms with E-state index in [1.54, 1.807) is 4.90 Å². The Morgan fingerprint density at radius 3 is 2.81 bits per heavy atom. The second-order valence-electron chi connectivity index (χ2n) is 4.55. The Hall–Kier alpha value is -1.26. The number of carbonyl (C=O) groups is 2. The van der Waals surface area contributed by atoms with Crippen LogP contribution in [0.5, 0.6) is 0 Å². The molecule has 16 heavy (non-hydrogen) atoms. The van der Waals surface area contributed by atoms with Gasteiger partial charge in [0.05, 0.1) is 12.5 Å². The quantitative estimate of drug-likeness (QED) is 0.789. The van der Waals surface area contributed by atoms with Crippen LogP contribution < -0.4 is 0 Å². The molecule has 5 nitrogen and oxygen atoms in total. The summed E-state index contributed by atoms with van der Waals surface area (Å²) in [6.07, 6.45) is 3.40. The number of hydrogen-bond acceptors (Lipinski definition) is 3. The average molecular weight is 227 g/mol. The Bertz CT molecular complexity index is 292. The Labute approximate surface area is 94.4 Å². The molecule has 1 amide bonds. The Morgan fingerprint density at radius 2 is 2.19 bits per heavy atom. The summed E-state index contributed by atoms with van der Waals surface area (Å²) < 4.78 is 4.84. The number of cyclic esters (lactones) is 1. The molecule has 0 aromatic carbocycles. The van der Waals surface area contributed by atoms with Crippen molar-refractivity contribution < 1.29 is 19.4 Å². The Morgan fingerprint density at radius 1 is 1.44 bits per heavy atom. The number of rotatable bonds is 3. The van der Waals surface area contributed by atoms with E-state index < -0.39 is 5.97 Å². The van der Waals surface area contributed by atoms with Crippen molar-refractivity contribution in [2.24, 2.45) is 11.8 Å². The van der Waals surface area contributed by atoms with Gasteiger partial charge in [-0.15, -0.1) is 0 Å². The molecule has 1 heterocycles. The van der Waals surface area contributed by atoms with Gasteiger partial charge in [-0.3, -0.25) is 4.79 Å². The van der Waals surface area contributed by atoms with E-state index in [9.17, 15) is 9.59 Å². The van der Waals surface area contributed by atoms with E-state index >= 15 is 0 Å². The maximum Gasteiger partial charge on any atom is 0.409 e. The molecular formula is C11H17NO4. The molecule has 2 atom stereocenters. The highest BCUT2D eigenvalue weighted by Crippen LogP contribution is 2.31. The number of hydrogen-bond donors (Lipinski definition) is 1. The van der Waals surface area contributed by atoms with Gasteiger partial charge < -0.3 is 14.7 Å². The second-order valence-corrected chi connectivity index (χ2v) is 4.55. The number of carboxylic acids is 1. The van der Waals surface area contributed by atoms with Crippen LogP contribution in [0.15, 0.2) is 0 Å². The van der Waals surface area contributed by atoms with E-state index in [1.165, 1.54) is 0 Å². The van der Waals surface area contributed by atoms with Gasteiger partial charge in [-0.2, -0.15) is 0 Å². The van der Waals surface area contributed by atoms with E-state index in [4.69, 9.17) is 9.84 Å². The van der Waals surface area contributed by atoms with Crippen LogP contribution >= 0.6 is 0 Å². The number of carboxylic acid groups (broad SMARTS) is 1. The Kier molecular flexibility index (Phi) is 3.31. The maximum atomic E-state index is 11.3. The minimum absolute atomic E-state index is 0.0944. The van der Waals surface area contributed by atoms with Crippen LogP contribution in [0.25, 0.3) is 0 Å². The lowest BCUT2D eigenvalue weighted by Gasteiger charge is -2.30. The summed E-state index contributed by atoms with van der Waals surface area (Å²) in [5.41, 5.74) is 0. The summed E-state index contributed by atoms with van der Waals surface area (Å²) in [7, 11) is 0. The molecule has 1 N–H and O–H groups in total. The van der Waals surface area contributed by atoms with Crippen molar-refractivity contribution in [1.29, 1.82) is 0 Å². The SMILES string of the molecule is O=C(O)C1CCCCC1CN1CCOC1=O. The predicted octanol–water partition coefficient (Wildman–Crippen LogP) is 1.33. The van der Waals surface area contributed by atoms with E-state index in [1.807, 2.05) is 0 Å². The number of nitrogens with zero attached hydrogens (tertiary/aromatic N) is 1. The van der Waals surface area contributed by atoms with Crippen LogP contribution in [0.3, 0.4) is 0 Å². The Balaban J connectivity index is 1.95. The van der Waals surface area contributed by atoms with E-state index in [0.717, 1.165) is 25.7 Å². The molecule has 0 radical (unpaired) electrons. The first-order valence-corrected chi connectivity index (χ1v) is 5.83. The van der Waals surface area contributed by atoms with Gasteiger partial charge in [0.2, 0.25) is 0 Å². The lowest BCUT2D eigenvalue weighted by molar-refractivity contribution is -0.145. The standard InChI is InChI=1S/C11H17NO4/c13-10(14)9-4-2-1-3-8(9)7-12-5-6-16-11(12)15/h8-9H,1-7H2,(H,13,14). The molecular weight excluding hydrogens is 210 g/mol. The van der Waals surface area contributed by atoms with Gasteiger partial charge in [0, 0.05) is 6.54 Å². The lowest BCUT2D eigenvalue weighted by atomic mass is 9.79. The molecule has 2 unspecified atom stereocenters. The summed E-state index contributed by atoms with van der Waals surface area (Å²) >= 11 is 0. The van der Waals surface area contributed by atoms with Gasteiger partial charge in [-0.05, 0) is 18.8 Å². The molecule has 1 saturated heterocycles. The van der Waals surface area contributed by atoms with Crippen LogP contribution in [-0.2, 0) is 9.53 Å². The second kappa shape index (κ2) is 4.72. The summed E-state index contributed by atoms with van der Waals surface area (Å²) in [6.45, 7) is 1.57. The number of ether oxygens (including phenoxy) is 1. The van der Waals surface area contributed by atoms with Crippen molar-refractivity contribution in [1.82, 2.24) is 4.90 Å². The van der Waals surface area contributed by atoms with Crippen molar-refractivity contribution in [2.75, 3.05) is 19.7 Å². The van der Waals surface area contributed by atoms with Crippen molar-refractivity contribution >= 4 is 12.1 Å². The highest BCUT2D eigenvalue weighted by Gasteiger charge is 2.34. The van der Waals surface area contributed by atoms with Gasteiger partial charge in [-0.25, -0.2) is 4.79 Å². The molecule has 1 saturated carbocycles. The van der Waals surface area contributed by atoms with Crippen molar-refractivity contribution in [3.8, 4) is 0 Å². The van der Waals surface area contributed by atoms with Gasteiger partial charge in [0.15, 0.2) is 0 Å². The van der Waals surface area contributed by atoms with Gasteiger partial charge in [0.25, 0.3) is 0 Å². The highest BCUT2D eigenvalue weighted by molar-refractivity contribution is 5.71. The highest BCUT2D eigenvalue weighted by atomic mass is 16.6. The van der Waals surface area contributed by atoms with Gasteiger partial charge >= 0.3 is 12.1 Å². The fraction of sp³-hybridized carbons (Fsp3) is 0.818. The minimum Gasteiger partial charge on any atom is -0.481 e. The molecule has 2 fully saturated rings. The van der Waals surface area contributed by atoms with Gasteiger partial charge in [0.1, 0.15) is 6.61 Å². The predicted molar refractivity (Wildman–Crippen MR) is 56.0 cm³/mol. The van der Waals surface area contributed by atoms with Crippen LogP contribution in [0.2, 0.25) is 0 Å². The third-order valence-electron chi connectivity index (χ3n) is 3.53. The molecule has 90 valence electrons. The molecule has 0 spiro atoms. The normalized spacial score (nSPS) is 30.2. The molecule has 2 aliphatic rings. The van der Waals surface area contributed by atoms with Gasteiger partial charge in [-0.1, -0.05) is 12.8 Å². The fourth-order valence-corrected chi connectivity index (χ4v) is 2.63. The maximum absolute atomic E-state index is 11.3. The summed E-state index contributed by atoms with van der Waals surface area (Å²) in [5.74, 6) is -0.920. The monoisotopic (exact) mass is 227 g/mol. The summed E-state index contributed by atoms with van der Waals surface area (Å²) in [4.78, 5) is 24.0. The van der Waals surface area contributed by atoms with Crippen LogP contribution in [0.4, 0.5) is 4.79 Å². The van der Waals surface area contributed by atoms with E-state index in [2.05, 4.69) is 0 Å². The summed E-state index contributed by atoms with van der Waals surface area (Å²) in [5, 5.41) is 9.11. The third-order valence-corrected chi connectivity index (χ3v) is 3.53. The molecule has 0 bridgehead atoms. The lowest BCUT2D eigenvalue weighted by Crippen LogP contribution is -2.37. The first kappa shape index (κ1) is 11.2. The fourth-order valence-electron chi connectivity index (χ4n) is 2.63. The molecule has 0 aromatic heterocycles. The molecule has 1 aliphatic heterocycles. The van der Waals surface area contributed by atoms with Crippen LogP contribution in [0.1, 0.15) is 25.7 Å². The molecule has 2 rings (SSSR count). The van der Waals surface area contributed by atoms with Crippen LogP contribution in [-0.4, -0.2) is 41.8 Å². The topological polar surface area (TPSA) is 66.8 Å². The minimum atomic E-state index is -0.725. The largest absolute Gasteiger partial charge is 0.481 e. The van der Waals surface area contributed by atoms with Crippen LogP contribution in [0, 0.1) is 11.8 Å². The smallest absolute Gasteiger partial charge is 0.409 e. The number of carbonyl (C=O) groups excluding carboxylic acids is 1. The first-order chi connectivity index (χ1) is 7.68. The zero-order valence-corrected chi connectivity index (χ0v) is 9.22. The summed E-state index contributed by atoms with van der Waals surface area (Å²) in [6, 6.07) is 0.